The zero-order valence-corrected chi connectivity index (χ0v) is 11.3. The Kier molecular flexibility index (Phi) is 3.05. The molecular formula is C14H13N3OS. The summed E-state index contributed by atoms with van der Waals surface area (Å²) in [6, 6.07) is 7.47. The Hall–Kier alpha value is -2.14. The molecule has 96 valence electrons. The minimum absolute atomic E-state index is 0.645. The van der Waals surface area contributed by atoms with E-state index in [0.717, 1.165) is 28.8 Å². The van der Waals surface area contributed by atoms with Crippen LogP contribution in [0.4, 0.5) is 5.69 Å². The summed E-state index contributed by atoms with van der Waals surface area (Å²) in [7, 11) is 0. The normalized spacial score (nSPS) is 10.8. The number of rotatable bonds is 3. The van der Waals surface area contributed by atoms with Crippen LogP contribution >= 0.6 is 11.3 Å². The standard InChI is InChI=1S/C14H13N3OS/c1-2-9-8-19-14(17-9)18-12-6-5-11(15)13-10(12)4-3-7-16-13/h3-8H,2,15H2,1H3. The van der Waals surface area contributed by atoms with Gasteiger partial charge in [-0.1, -0.05) is 18.3 Å². The topological polar surface area (TPSA) is 61.0 Å². The molecule has 0 aliphatic heterocycles. The molecule has 0 radical (unpaired) electrons. The molecule has 2 N–H and O–H groups in total. The smallest absolute Gasteiger partial charge is 0.278 e. The first-order chi connectivity index (χ1) is 9.28. The average Bonchev–Trinajstić information content (AvgIpc) is 2.90. The number of nitrogen functional groups attached to an aromatic ring is 1. The number of aromatic nitrogens is 2. The van der Waals surface area contributed by atoms with Gasteiger partial charge in [-0.3, -0.25) is 4.98 Å². The lowest BCUT2D eigenvalue weighted by atomic mass is 10.2. The van der Waals surface area contributed by atoms with E-state index in [0.29, 0.717) is 10.9 Å². The van der Waals surface area contributed by atoms with Crippen LogP contribution in [0, 0.1) is 0 Å². The highest BCUT2D eigenvalue weighted by Crippen LogP contribution is 2.33. The van der Waals surface area contributed by atoms with Crippen molar-refractivity contribution in [2.24, 2.45) is 0 Å². The van der Waals surface area contributed by atoms with Gasteiger partial charge in [0.2, 0.25) is 0 Å². The van der Waals surface area contributed by atoms with Crippen molar-refractivity contribution in [1.29, 1.82) is 0 Å². The summed E-state index contributed by atoms with van der Waals surface area (Å²) in [6.07, 6.45) is 2.63. The Balaban J connectivity index is 2.03. The Morgan fingerprint density at radius 2 is 2.21 bits per heavy atom. The van der Waals surface area contributed by atoms with Gasteiger partial charge in [0.1, 0.15) is 5.75 Å². The third kappa shape index (κ3) is 2.24. The summed E-state index contributed by atoms with van der Waals surface area (Å²) in [5.74, 6) is 0.731. The summed E-state index contributed by atoms with van der Waals surface area (Å²) in [6.45, 7) is 2.07. The third-order valence-electron chi connectivity index (χ3n) is 2.85. The van der Waals surface area contributed by atoms with Gasteiger partial charge in [-0.15, -0.1) is 0 Å². The van der Waals surface area contributed by atoms with Gasteiger partial charge in [-0.25, -0.2) is 4.98 Å². The number of ether oxygens (including phenoxy) is 1. The van der Waals surface area contributed by atoms with Crippen molar-refractivity contribution in [3.05, 3.63) is 41.5 Å². The molecule has 0 aliphatic carbocycles. The number of pyridine rings is 1. The molecule has 3 aromatic rings. The molecule has 19 heavy (non-hydrogen) atoms. The van der Waals surface area contributed by atoms with Gasteiger partial charge >= 0.3 is 0 Å². The van der Waals surface area contributed by atoms with Gasteiger partial charge in [0, 0.05) is 17.0 Å². The van der Waals surface area contributed by atoms with E-state index in [2.05, 4.69) is 16.9 Å². The van der Waals surface area contributed by atoms with Crippen LogP contribution in [0.1, 0.15) is 12.6 Å². The predicted molar refractivity (Wildman–Crippen MR) is 77.7 cm³/mol. The molecule has 4 nitrogen and oxygen atoms in total. The maximum absolute atomic E-state index is 5.91. The minimum Gasteiger partial charge on any atom is -0.430 e. The predicted octanol–water partition coefficient (Wildman–Crippen LogP) is 3.63. The van der Waals surface area contributed by atoms with E-state index in [1.807, 2.05) is 23.6 Å². The van der Waals surface area contributed by atoms with E-state index in [1.54, 1.807) is 12.3 Å². The fourth-order valence-corrected chi connectivity index (χ4v) is 2.61. The molecule has 0 fully saturated rings. The lowest BCUT2D eigenvalue weighted by molar-refractivity contribution is 0.483. The Labute approximate surface area is 114 Å². The zero-order valence-electron chi connectivity index (χ0n) is 10.5. The lowest BCUT2D eigenvalue weighted by Crippen LogP contribution is -1.92. The monoisotopic (exact) mass is 271 g/mol. The number of hydrogen-bond acceptors (Lipinski definition) is 5. The summed E-state index contributed by atoms with van der Waals surface area (Å²) >= 11 is 1.50. The number of fused-ring (bicyclic) bond motifs is 1. The van der Waals surface area contributed by atoms with Crippen molar-refractivity contribution >= 4 is 27.9 Å². The molecule has 0 atom stereocenters. The number of nitrogens with two attached hydrogens (primary N) is 1. The van der Waals surface area contributed by atoms with Gasteiger partial charge in [0.25, 0.3) is 5.19 Å². The summed E-state index contributed by atoms with van der Waals surface area (Å²) in [4.78, 5) is 8.68. The first kappa shape index (κ1) is 11.9. The van der Waals surface area contributed by atoms with Crippen LogP contribution in [-0.2, 0) is 6.42 Å². The number of aryl methyl sites for hydroxylation is 1. The van der Waals surface area contributed by atoms with Crippen molar-refractivity contribution in [3.8, 4) is 10.9 Å². The number of anilines is 1. The second-order valence-corrected chi connectivity index (χ2v) is 4.93. The number of hydrogen-bond donors (Lipinski definition) is 1. The van der Waals surface area contributed by atoms with Crippen molar-refractivity contribution in [2.75, 3.05) is 5.73 Å². The molecular weight excluding hydrogens is 258 g/mol. The van der Waals surface area contributed by atoms with Gasteiger partial charge in [-0.05, 0) is 30.7 Å². The highest BCUT2D eigenvalue weighted by atomic mass is 32.1. The molecule has 0 bridgehead atoms. The van der Waals surface area contributed by atoms with Gasteiger partial charge in [0.05, 0.1) is 16.9 Å². The van der Waals surface area contributed by atoms with Crippen LogP contribution in [0.2, 0.25) is 0 Å². The molecule has 5 heteroatoms. The van der Waals surface area contributed by atoms with E-state index in [1.165, 1.54) is 11.3 Å². The van der Waals surface area contributed by atoms with Crippen molar-refractivity contribution in [2.45, 2.75) is 13.3 Å². The van der Waals surface area contributed by atoms with Crippen LogP contribution < -0.4 is 10.5 Å². The van der Waals surface area contributed by atoms with Crippen LogP contribution in [0.25, 0.3) is 10.9 Å². The highest BCUT2D eigenvalue weighted by molar-refractivity contribution is 7.11. The first-order valence-electron chi connectivity index (χ1n) is 6.03. The van der Waals surface area contributed by atoms with Crippen LogP contribution in [0.5, 0.6) is 10.9 Å². The number of benzene rings is 1. The average molecular weight is 271 g/mol. The van der Waals surface area contributed by atoms with Crippen LogP contribution in [0.15, 0.2) is 35.8 Å². The second-order valence-electron chi connectivity index (χ2n) is 4.11. The minimum atomic E-state index is 0.645. The van der Waals surface area contributed by atoms with Crippen LogP contribution in [0.3, 0.4) is 0 Å². The number of thiazole rings is 1. The van der Waals surface area contributed by atoms with Gasteiger partial charge in [-0.2, -0.15) is 0 Å². The first-order valence-corrected chi connectivity index (χ1v) is 6.91. The fourth-order valence-electron chi connectivity index (χ4n) is 1.85. The van der Waals surface area contributed by atoms with Gasteiger partial charge in [0.15, 0.2) is 0 Å². The molecule has 2 aromatic heterocycles. The third-order valence-corrected chi connectivity index (χ3v) is 3.62. The molecule has 0 spiro atoms. The van der Waals surface area contributed by atoms with E-state index in [-0.39, 0.29) is 0 Å². The molecule has 1 aromatic carbocycles. The highest BCUT2D eigenvalue weighted by Gasteiger charge is 2.09. The zero-order chi connectivity index (χ0) is 13.2. The second kappa shape index (κ2) is 4.85. The van der Waals surface area contributed by atoms with E-state index < -0.39 is 0 Å². The Morgan fingerprint density at radius 3 is 3.00 bits per heavy atom. The summed E-state index contributed by atoms with van der Waals surface area (Å²) in [5.41, 5.74) is 8.36. The fraction of sp³-hybridized carbons (Fsp3) is 0.143. The summed E-state index contributed by atoms with van der Waals surface area (Å²) in [5, 5.41) is 3.55. The maximum atomic E-state index is 5.91. The van der Waals surface area contributed by atoms with Gasteiger partial charge < -0.3 is 10.5 Å². The van der Waals surface area contributed by atoms with E-state index in [9.17, 15) is 0 Å². The number of nitrogens with zero attached hydrogens (tertiary/aromatic N) is 2. The SMILES string of the molecule is CCc1csc(Oc2ccc(N)c3ncccc23)n1. The summed E-state index contributed by atoms with van der Waals surface area (Å²) < 4.78 is 5.84. The maximum Gasteiger partial charge on any atom is 0.278 e. The molecule has 0 unspecified atom stereocenters. The quantitative estimate of drug-likeness (QED) is 0.739. The molecule has 0 amide bonds. The van der Waals surface area contributed by atoms with Crippen molar-refractivity contribution < 1.29 is 4.74 Å². The van der Waals surface area contributed by atoms with Crippen molar-refractivity contribution in [1.82, 2.24) is 9.97 Å². The Morgan fingerprint density at radius 1 is 1.32 bits per heavy atom. The van der Waals surface area contributed by atoms with E-state index in [4.69, 9.17) is 10.5 Å². The molecule has 0 saturated heterocycles. The lowest BCUT2D eigenvalue weighted by Gasteiger charge is -2.07. The van der Waals surface area contributed by atoms with Crippen molar-refractivity contribution in [3.63, 3.8) is 0 Å². The van der Waals surface area contributed by atoms with E-state index >= 15 is 0 Å². The molecule has 0 aliphatic rings. The largest absolute Gasteiger partial charge is 0.430 e. The Bertz CT molecular complexity index is 724. The molecule has 2 heterocycles. The molecule has 0 saturated carbocycles. The molecule has 3 rings (SSSR count). The van der Waals surface area contributed by atoms with Crippen LogP contribution in [-0.4, -0.2) is 9.97 Å².